The molecule has 2 amide bonds. The van der Waals surface area contributed by atoms with Crippen LogP contribution in [-0.4, -0.2) is 32.2 Å². The van der Waals surface area contributed by atoms with E-state index < -0.39 is 23.4 Å². The Hall–Kier alpha value is -4.12. The molecule has 168 valence electrons. The maximum absolute atomic E-state index is 13.4. The summed E-state index contributed by atoms with van der Waals surface area (Å²) in [4.78, 5) is 24.6. The molecule has 3 N–H and O–H groups in total. The number of nitrogens with zero attached hydrogens (tertiary/aromatic N) is 3. The van der Waals surface area contributed by atoms with E-state index in [0.717, 1.165) is 11.1 Å². The minimum Gasteiger partial charge on any atom is -0.419 e. The summed E-state index contributed by atoms with van der Waals surface area (Å²) >= 11 is 5.79. The van der Waals surface area contributed by atoms with Crippen LogP contribution in [0.2, 0.25) is 5.02 Å². The number of carbonyl (C=O) groups is 2. The molecule has 0 aliphatic carbocycles. The van der Waals surface area contributed by atoms with E-state index in [1.54, 1.807) is 0 Å². The summed E-state index contributed by atoms with van der Waals surface area (Å²) in [5, 5.41) is 18.8. The van der Waals surface area contributed by atoms with E-state index in [4.69, 9.17) is 16.0 Å². The minimum atomic E-state index is -1.22. The van der Waals surface area contributed by atoms with Crippen LogP contribution in [0.1, 0.15) is 32.3 Å². The summed E-state index contributed by atoms with van der Waals surface area (Å²) < 4.78 is 32.1. The summed E-state index contributed by atoms with van der Waals surface area (Å²) in [7, 11) is 0. The topological polar surface area (TPSA) is 126 Å². The second-order valence-electron chi connectivity index (χ2n) is 6.92. The van der Waals surface area contributed by atoms with Crippen LogP contribution in [0.5, 0.6) is 0 Å². The van der Waals surface area contributed by atoms with Gasteiger partial charge in [0, 0.05) is 11.6 Å². The maximum Gasteiger partial charge on any atom is 0.269 e. The lowest BCUT2D eigenvalue weighted by Crippen LogP contribution is -2.23. The number of hydrogen-bond donors (Lipinski definition) is 3. The molecule has 0 aliphatic rings. The molecule has 33 heavy (non-hydrogen) atoms. The fourth-order valence-corrected chi connectivity index (χ4v) is 3.09. The molecule has 2 aromatic heterocycles. The van der Waals surface area contributed by atoms with Gasteiger partial charge in [-0.15, -0.1) is 10.2 Å². The van der Waals surface area contributed by atoms with Crippen LogP contribution in [-0.2, 0) is 6.54 Å². The molecule has 0 aliphatic heterocycles. The third kappa shape index (κ3) is 5.04. The number of aryl methyl sites for hydroxylation is 1. The van der Waals surface area contributed by atoms with Gasteiger partial charge < -0.3 is 15.1 Å². The average molecular weight is 473 g/mol. The third-order valence-electron chi connectivity index (χ3n) is 4.45. The van der Waals surface area contributed by atoms with Gasteiger partial charge in [0.05, 0.1) is 17.1 Å². The molecule has 0 bridgehead atoms. The molecular formula is C21H15ClF2N6O3. The lowest BCUT2D eigenvalue weighted by atomic mass is 10.1. The fourth-order valence-electron chi connectivity index (χ4n) is 2.85. The zero-order valence-electron chi connectivity index (χ0n) is 16.9. The lowest BCUT2D eigenvalue weighted by Gasteiger charge is -2.05. The van der Waals surface area contributed by atoms with Crippen molar-refractivity contribution in [2.75, 3.05) is 5.32 Å². The van der Waals surface area contributed by atoms with Gasteiger partial charge in [-0.25, -0.2) is 8.78 Å². The van der Waals surface area contributed by atoms with Gasteiger partial charge in [-0.3, -0.25) is 14.7 Å². The SMILES string of the molecule is Cc1cccc(-c2nnc(CNC(=O)c3cc(NC(=O)c4cc(F)c(F)cc4Cl)n[nH]3)o2)c1. The molecule has 0 saturated carbocycles. The zero-order valence-corrected chi connectivity index (χ0v) is 17.7. The molecule has 4 rings (SSSR count). The second-order valence-corrected chi connectivity index (χ2v) is 7.33. The van der Waals surface area contributed by atoms with Gasteiger partial charge >= 0.3 is 0 Å². The van der Waals surface area contributed by atoms with E-state index in [-0.39, 0.29) is 34.5 Å². The summed E-state index contributed by atoms with van der Waals surface area (Å²) in [6.07, 6.45) is 0. The van der Waals surface area contributed by atoms with Crippen molar-refractivity contribution in [2.45, 2.75) is 13.5 Å². The smallest absolute Gasteiger partial charge is 0.269 e. The Labute approximate surface area is 190 Å². The van der Waals surface area contributed by atoms with Gasteiger partial charge in [-0.05, 0) is 31.2 Å². The highest BCUT2D eigenvalue weighted by Gasteiger charge is 2.18. The molecule has 0 radical (unpaired) electrons. The van der Waals surface area contributed by atoms with Crippen LogP contribution in [0.3, 0.4) is 0 Å². The van der Waals surface area contributed by atoms with Crippen molar-refractivity contribution in [1.29, 1.82) is 0 Å². The van der Waals surface area contributed by atoms with Gasteiger partial charge in [0.15, 0.2) is 17.5 Å². The van der Waals surface area contributed by atoms with Crippen LogP contribution in [0.15, 0.2) is 46.9 Å². The Morgan fingerprint density at radius 2 is 1.88 bits per heavy atom. The Kier molecular flexibility index (Phi) is 6.13. The Morgan fingerprint density at radius 3 is 2.67 bits per heavy atom. The molecule has 0 atom stereocenters. The third-order valence-corrected chi connectivity index (χ3v) is 4.76. The normalized spacial score (nSPS) is 10.8. The predicted molar refractivity (Wildman–Crippen MR) is 114 cm³/mol. The Bertz CT molecular complexity index is 1350. The number of aromatic nitrogens is 4. The van der Waals surface area contributed by atoms with Crippen molar-refractivity contribution in [2.24, 2.45) is 0 Å². The largest absolute Gasteiger partial charge is 0.419 e. The highest BCUT2D eigenvalue weighted by Crippen LogP contribution is 2.21. The minimum absolute atomic E-state index is 0.0227. The number of aromatic amines is 1. The zero-order chi connectivity index (χ0) is 23.5. The van der Waals surface area contributed by atoms with Crippen molar-refractivity contribution in [3.8, 4) is 11.5 Å². The molecule has 2 aromatic carbocycles. The first-order chi connectivity index (χ1) is 15.8. The van der Waals surface area contributed by atoms with Gasteiger partial charge in [0.2, 0.25) is 11.8 Å². The Morgan fingerprint density at radius 1 is 1.09 bits per heavy atom. The standard InChI is InChI=1S/C21H15ClF2N6O3/c1-10-3-2-4-11(5-10)21-30-29-18(33-21)9-25-20(32)16-8-17(28-27-16)26-19(31)12-6-14(23)15(24)7-13(12)22/h2-8H,9H2,1H3,(H,25,32)(H2,26,27,28,31). The van der Waals surface area contributed by atoms with Gasteiger partial charge in [0.25, 0.3) is 11.8 Å². The molecule has 2 heterocycles. The number of rotatable bonds is 6. The van der Waals surface area contributed by atoms with Crippen molar-refractivity contribution >= 4 is 29.2 Å². The molecule has 9 nitrogen and oxygen atoms in total. The first-order valence-corrected chi connectivity index (χ1v) is 9.87. The average Bonchev–Trinajstić information content (AvgIpc) is 3.44. The van der Waals surface area contributed by atoms with E-state index in [2.05, 4.69) is 31.0 Å². The van der Waals surface area contributed by atoms with Crippen molar-refractivity contribution < 1.29 is 22.8 Å². The van der Waals surface area contributed by atoms with Crippen LogP contribution in [0.4, 0.5) is 14.6 Å². The Balaban J connectivity index is 1.37. The fraction of sp³-hybridized carbons (Fsp3) is 0.0952. The van der Waals surface area contributed by atoms with Gasteiger partial charge in [0.1, 0.15) is 5.69 Å². The van der Waals surface area contributed by atoms with Crippen molar-refractivity contribution in [3.05, 3.63) is 81.8 Å². The van der Waals surface area contributed by atoms with Crippen molar-refractivity contribution in [1.82, 2.24) is 25.7 Å². The van der Waals surface area contributed by atoms with Gasteiger partial charge in [-0.2, -0.15) is 5.10 Å². The number of benzene rings is 2. The van der Waals surface area contributed by atoms with E-state index in [1.807, 2.05) is 31.2 Å². The highest BCUT2D eigenvalue weighted by atomic mass is 35.5. The van der Waals surface area contributed by atoms with Crippen molar-refractivity contribution in [3.63, 3.8) is 0 Å². The van der Waals surface area contributed by atoms with E-state index >= 15 is 0 Å². The van der Waals surface area contributed by atoms with Crippen LogP contribution >= 0.6 is 11.6 Å². The number of H-pyrrole nitrogens is 1. The molecule has 0 fully saturated rings. The number of hydrogen-bond acceptors (Lipinski definition) is 6. The molecule has 12 heteroatoms. The van der Waals surface area contributed by atoms with E-state index in [9.17, 15) is 18.4 Å². The number of carbonyl (C=O) groups excluding carboxylic acids is 2. The maximum atomic E-state index is 13.4. The number of nitrogens with one attached hydrogen (secondary N) is 3. The molecular weight excluding hydrogens is 458 g/mol. The number of amides is 2. The van der Waals surface area contributed by atoms with E-state index in [0.29, 0.717) is 18.0 Å². The first kappa shape index (κ1) is 22.1. The van der Waals surface area contributed by atoms with Gasteiger partial charge in [-0.1, -0.05) is 29.3 Å². The summed E-state index contributed by atoms with van der Waals surface area (Å²) in [5.74, 6) is -3.28. The van der Waals surface area contributed by atoms with E-state index in [1.165, 1.54) is 6.07 Å². The quantitative estimate of drug-likeness (QED) is 0.366. The van der Waals surface area contributed by atoms with Crippen LogP contribution in [0, 0.1) is 18.6 Å². The number of halogens is 3. The predicted octanol–water partition coefficient (Wildman–Crippen LogP) is 3.88. The van der Waals surface area contributed by atoms with Crippen LogP contribution < -0.4 is 10.6 Å². The lowest BCUT2D eigenvalue weighted by molar-refractivity contribution is 0.0941. The highest BCUT2D eigenvalue weighted by molar-refractivity contribution is 6.34. The van der Waals surface area contributed by atoms with Crippen LogP contribution in [0.25, 0.3) is 11.5 Å². The molecule has 0 unspecified atom stereocenters. The second kappa shape index (κ2) is 9.17. The molecule has 4 aromatic rings. The summed E-state index contributed by atoms with van der Waals surface area (Å²) in [6, 6.07) is 10.1. The monoisotopic (exact) mass is 472 g/mol. The molecule has 0 spiro atoms. The summed E-state index contributed by atoms with van der Waals surface area (Å²) in [5.41, 5.74) is 1.54. The molecule has 0 saturated heterocycles. The summed E-state index contributed by atoms with van der Waals surface area (Å²) in [6.45, 7) is 1.90. The first-order valence-electron chi connectivity index (χ1n) is 9.49. The number of anilines is 1.